The highest BCUT2D eigenvalue weighted by Crippen LogP contribution is 2.29. The van der Waals surface area contributed by atoms with Gasteiger partial charge in [0.05, 0.1) is 10.4 Å². The van der Waals surface area contributed by atoms with Gasteiger partial charge < -0.3 is 5.32 Å². The van der Waals surface area contributed by atoms with Crippen molar-refractivity contribution in [1.82, 2.24) is 9.97 Å². The van der Waals surface area contributed by atoms with Crippen molar-refractivity contribution in [1.29, 1.82) is 0 Å². The van der Waals surface area contributed by atoms with Crippen LogP contribution >= 0.6 is 0 Å². The van der Waals surface area contributed by atoms with E-state index in [-0.39, 0.29) is 4.90 Å². The number of benzene rings is 3. The second kappa shape index (κ2) is 7.27. The van der Waals surface area contributed by atoms with Crippen molar-refractivity contribution in [3.8, 4) is 11.4 Å². The summed E-state index contributed by atoms with van der Waals surface area (Å²) in [6.07, 6.45) is 0. The van der Waals surface area contributed by atoms with E-state index < -0.39 is 10.0 Å². The summed E-state index contributed by atoms with van der Waals surface area (Å²) >= 11 is 0. The summed E-state index contributed by atoms with van der Waals surface area (Å²) in [5.74, 6) is 1.19. The maximum atomic E-state index is 11.9. The van der Waals surface area contributed by atoms with Crippen LogP contribution in [0, 0.1) is 13.8 Å². The van der Waals surface area contributed by atoms with Crippen LogP contribution in [0.5, 0.6) is 0 Å². The maximum absolute atomic E-state index is 11.9. The Morgan fingerprint density at radius 1 is 0.897 bits per heavy atom. The quantitative estimate of drug-likeness (QED) is 0.528. The highest BCUT2D eigenvalue weighted by Gasteiger charge is 2.14. The number of hydrogen-bond donors (Lipinski definition) is 2. The zero-order valence-electron chi connectivity index (χ0n) is 16.0. The van der Waals surface area contributed by atoms with Crippen molar-refractivity contribution in [3.63, 3.8) is 0 Å². The molecular weight excluding hydrogens is 384 g/mol. The molecule has 0 unspecified atom stereocenters. The summed E-state index contributed by atoms with van der Waals surface area (Å²) in [6.45, 7) is 3.73. The molecule has 0 atom stereocenters. The average molecular weight is 404 g/mol. The Hall–Kier alpha value is -3.29. The Labute approximate surface area is 169 Å². The van der Waals surface area contributed by atoms with Crippen LogP contribution in [0.4, 0.5) is 11.5 Å². The van der Waals surface area contributed by atoms with E-state index in [1.54, 1.807) is 19.1 Å². The molecule has 0 spiro atoms. The largest absolute Gasteiger partial charge is 0.340 e. The number of fused-ring (bicyclic) bond motifs is 1. The van der Waals surface area contributed by atoms with Crippen molar-refractivity contribution >= 4 is 32.4 Å². The van der Waals surface area contributed by atoms with Crippen molar-refractivity contribution in [3.05, 3.63) is 77.9 Å². The van der Waals surface area contributed by atoms with E-state index in [2.05, 4.69) is 5.32 Å². The Bertz CT molecular complexity index is 1330. The molecule has 0 aliphatic rings. The predicted molar refractivity (Wildman–Crippen MR) is 116 cm³/mol. The van der Waals surface area contributed by atoms with Gasteiger partial charge in [-0.2, -0.15) is 0 Å². The number of aromatic nitrogens is 2. The van der Waals surface area contributed by atoms with Gasteiger partial charge in [-0.3, -0.25) is 0 Å². The third-order valence-electron chi connectivity index (χ3n) is 4.64. The molecule has 0 fully saturated rings. The molecule has 0 saturated heterocycles. The first kappa shape index (κ1) is 19.0. The number of nitrogens with zero attached hydrogens (tertiary/aromatic N) is 2. The smallest absolute Gasteiger partial charge is 0.238 e. The lowest BCUT2D eigenvalue weighted by atomic mass is 10.1. The summed E-state index contributed by atoms with van der Waals surface area (Å²) < 4.78 is 23.7. The van der Waals surface area contributed by atoms with E-state index in [1.807, 2.05) is 55.5 Å². The van der Waals surface area contributed by atoms with E-state index in [9.17, 15) is 8.42 Å². The molecule has 0 aliphatic carbocycles. The molecule has 0 saturated carbocycles. The minimum Gasteiger partial charge on any atom is -0.340 e. The minimum absolute atomic E-state index is 0.0831. The SMILES string of the molecule is Cc1cccc(-c2nc(Nc3ccc(C)c(S(N)(=O)=O)c3)c3ccccc3n2)c1. The Balaban J connectivity index is 1.85. The first-order valence-electron chi connectivity index (χ1n) is 9.05. The fourth-order valence-electron chi connectivity index (χ4n) is 3.21. The molecule has 29 heavy (non-hydrogen) atoms. The van der Waals surface area contributed by atoms with Gasteiger partial charge in [-0.1, -0.05) is 42.0 Å². The van der Waals surface area contributed by atoms with Gasteiger partial charge in [0.2, 0.25) is 10.0 Å². The topological polar surface area (TPSA) is 98.0 Å². The molecule has 3 aromatic carbocycles. The van der Waals surface area contributed by atoms with Gasteiger partial charge in [-0.25, -0.2) is 23.5 Å². The van der Waals surface area contributed by atoms with Gasteiger partial charge in [-0.15, -0.1) is 0 Å². The lowest BCUT2D eigenvalue weighted by Crippen LogP contribution is -2.14. The summed E-state index contributed by atoms with van der Waals surface area (Å²) in [4.78, 5) is 9.49. The molecular formula is C22H20N4O2S. The van der Waals surface area contributed by atoms with Crippen LogP contribution in [0.1, 0.15) is 11.1 Å². The van der Waals surface area contributed by atoms with Crippen molar-refractivity contribution in [2.45, 2.75) is 18.7 Å². The fraction of sp³-hybridized carbons (Fsp3) is 0.0909. The Morgan fingerprint density at radius 2 is 1.69 bits per heavy atom. The standard InChI is InChI=1S/C22H20N4O2S/c1-14-6-5-7-16(12-14)21-25-19-9-4-3-8-18(19)22(26-21)24-17-11-10-15(2)20(13-17)29(23,27)28/h3-13H,1-2H3,(H2,23,27,28)(H,24,25,26). The molecule has 3 N–H and O–H groups in total. The van der Waals surface area contributed by atoms with Crippen LogP contribution in [0.3, 0.4) is 0 Å². The van der Waals surface area contributed by atoms with Crippen LogP contribution in [-0.2, 0) is 10.0 Å². The molecule has 146 valence electrons. The highest BCUT2D eigenvalue weighted by atomic mass is 32.2. The first-order valence-corrected chi connectivity index (χ1v) is 10.6. The molecule has 0 radical (unpaired) electrons. The molecule has 7 heteroatoms. The van der Waals surface area contributed by atoms with Crippen LogP contribution in [0.2, 0.25) is 0 Å². The lowest BCUT2D eigenvalue weighted by molar-refractivity contribution is 0.597. The third-order valence-corrected chi connectivity index (χ3v) is 5.69. The first-order chi connectivity index (χ1) is 13.8. The highest BCUT2D eigenvalue weighted by molar-refractivity contribution is 7.89. The van der Waals surface area contributed by atoms with Gasteiger partial charge >= 0.3 is 0 Å². The molecule has 0 amide bonds. The number of primary sulfonamides is 1. The van der Waals surface area contributed by atoms with Crippen LogP contribution in [0.15, 0.2) is 71.6 Å². The van der Waals surface area contributed by atoms with Crippen molar-refractivity contribution in [2.75, 3.05) is 5.32 Å². The van der Waals surface area contributed by atoms with Gasteiger partial charge in [0.15, 0.2) is 5.82 Å². The fourth-order valence-corrected chi connectivity index (χ4v) is 4.01. The Morgan fingerprint density at radius 3 is 2.45 bits per heavy atom. The molecule has 6 nitrogen and oxygen atoms in total. The number of rotatable bonds is 4. The second-order valence-electron chi connectivity index (χ2n) is 6.93. The zero-order chi connectivity index (χ0) is 20.6. The maximum Gasteiger partial charge on any atom is 0.238 e. The Kier molecular flexibility index (Phi) is 4.77. The minimum atomic E-state index is -3.82. The second-order valence-corrected chi connectivity index (χ2v) is 8.46. The molecule has 1 heterocycles. The van der Waals surface area contributed by atoms with E-state index >= 15 is 0 Å². The van der Waals surface area contributed by atoms with E-state index in [0.29, 0.717) is 22.9 Å². The molecule has 0 bridgehead atoms. The number of aryl methyl sites for hydroxylation is 2. The van der Waals surface area contributed by atoms with Gasteiger partial charge in [-0.05, 0) is 49.7 Å². The number of hydrogen-bond acceptors (Lipinski definition) is 5. The average Bonchev–Trinajstić information content (AvgIpc) is 2.68. The molecule has 0 aliphatic heterocycles. The van der Waals surface area contributed by atoms with Crippen LogP contribution < -0.4 is 10.5 Å². The summed E-state index contributed by atoms with van der Waals surface area (Å²) in [5.41, 5.74) is 3.99. The lowest BCUT2D eigenvalue weighted by Gasteiger charge is -2.13. The van der Waals surface area contributed by atoms with Crippen LogP contribution in [0.25, 0.3) is 22.3 Å². The summed E-state index contributed by atoms with van der Waals surface area (Å²) in [7, 11) is -3.82. The van der Waals surface area contributed by atoms with Crippen molar-refractivity contribution < 1.29 is 8.42 Å². The molecule has 4 aromatic rings. The van der Waals surface area contributed by atoms with E-state index in [4.69, 9.17) is 15.1 Å². The predicted octanol–water partition coefficient (Wildman–Crippen LogP) is 4.30. The van der Waals surface area contributed by atoms with Crippen LogP contribution in [-0.4, -0.2) is 18.4 Å². The third kappa shape index (κ3) is 3.96. The zero-order valence-corrected chi connectivity index (χ0v) is 16.9. The molecule has 4 rings (SSSR count). The van der Waals surface area contributed by atoms with E-state index in [0.717, 1.165) is 22.0 Å². The summed E-state index contributed by atoms with van der Waals surface area (Å²) in [6, 6.07) is 20.7. The van der Waals surface area contributed by atoms with Gasteiger partial charge in [0.25, 0.3) is 0 Å². The summed E-state index contributed by atoms with van der Waals surface area (Å²) in [5, 5.41) is 9.42. The number of para-hydroxylation sites is 1. The normalized spacial score (nSPS) is 11.6. The number of nitrogens with two attached hydrogens (primary N) is 1. The molecule has 1 aromatic heterocycles. The number of sulfonamides is 1. The monoisotopic (exact) mass is 404 g/mol. The van der Waals surface area contributed by atoms with E-state index in [1.165, 1.54) is 6.07 Å². The number of anilines is 2. The number of nitrogens with one attached hydrogen (secondary N) is 1. The van der Waals surface area contributed by atoms with Gasteiger partial charge in [0.1, 0.15) is 5.82 Å². The van der Waals surface area contributed by atoms with Gasteiger partial charge in [0, 0.05) is 16.6 Å². The van der Waals surface area contributed by atoms with Crippen molar-refractivity contribution in [2.24, 2.45) is 5.14 Å².